The van der Waals surface area contributed by atoms with Gasteiger partial charge in [-0.25, -0.2) is 51.7 Å². The number of ether oxygens (including phenoxy) is 1. The fraction of sp³-hybridized carbons (Fsp3) is 0.271. The number of sulfone groups is 5. The number of phenolic OH excluding ortho intramolecular Hbond substituents is 1. The van der Waals surface area contributed by atoms with Crippen LogP contribution in [-0.2, 0) is 82.7 Å². The fourth-order valence-electron chi connectivity index (χ4n) is 12.2. The van der Waals surface area contributed by atoms with Gasteiger partial charge in [0.1, 0.15) is 73.6 Å². The summed E-state index contributed by atoms with van der Waals surface area (Å²) in [6.45, 7) is 28.0. The Morgan fingerprint density at radius 3 is 0.837 bits per heavy atom. The number of fused-ring (bicyclic) bond motifs is 5. The van der Waals surface area contributed by atoms with E-state index in [2.05, 4.69) is 31.2 Å². The summed E-state index contributed by atoms with van der Waals surface area (Å²) in [5.41, 5.74) is 9.88. The molecule has 0 saturated heterocycles. The Hall–Kier alpha value is -6.48. The first-order chi connectivity index (χ1) is 57.9. The second-order valence-corrected chi connectivity index (χ2v) is 37.9. The van der Waals surface area contributed by atoms with Gasteiger partial charge in [0.2, 0.25) is 0 Å². The number of carboxylic acid groups (broad SMARTS) is 1. The van der Waals surface area contributed by atoms with Gasteiger partial charge in [-0.1, -0.05) is 127 Å². The van der Waals surface area contributed by atoms with E-state index in [1.165, 1.54) is 68.9 Å². The second kappa shape index (κ2) is 60.0. The minimum absolute atomic E-state index is 0. The van der Waals surface area contributed by atoms with Crippen molar-refractivity contribution in [2.75, 3.05) is 38.4 Å². The Kier molecular flexibility index (Phi) is 58.9. The van der Waals surface area contributed by atoms with Crippen molar-refractivity contribution in [3.05, 3.63) is 321 Å². The second-order valence-electron chi connectivity index (χ2n) is 27.2. The molecular formula is C96H113O25Rb3S5-2. The zero-order valence-corrected chi connectivity index (χ0v) is 96.8. The predicted molar refractivity (Wildman–Crippen MR) is 498 cm³/mol. The molecule has 25 nitrogen and oxygen atoms in total. The number of aryl methyl sites for hydroxylation is 6. The average Bonchev–Trinajstić information content (AvgIpc) is 1.66. The summed E-state index contributed by atoms with van der Waals surface area (Å²) in [6.07, 6.45) is 5.84. The third kappa shape index (κ3) is 41.1. The van der Waals surface area contributed by atoms with Crippen LogP contribution in [0, 0.1) is 61.1 Å². The summed E-state index contributed by atoms with van der Waals surface area (Å²) < 4.78 is 146. The van der Waals surface area contributed by atoms with Crippen LogP contribution in [0.15, 0.2) is 222 Å². The first-order valence-corrected chi connectivity index (χ1v) is 49.2. The number of Topliss-reactive ketones (excluding diaryl/α,β-unsaturated/α-hetero) is 1. The normalized spacial score (nSPS) is 10.4. The largest absolute Gasteiger partial charge is 1.00 e. The number of carbonyl (C=O) groups is 5. The van der Waals surface area contributed by atoms with Gasteiger partial charge in [0.05, 0.1) is 52.6 Å². The molecule has 0 fully saturated rings. The molecule has 0 aliphatic heterocycles. The van der Waals surface area contributed by atoms with Gasteiger partial charge >= 0.3 is 187 Å². The maximum atomic E-state index is 12.8. The minimum atomic E-state index is -3.17. The Morgan fingerprint density at radius 1 is 0.341 bits per heavy atom. The van der Waals surface area contributed by atoms with Crippen LogP contribution in [0.2, 0.25) is 0 Å². The van der Waals surface area contributed by atoms with Crippen LogP contribution in [-0.4, -0.2) is 131 Å². The minimum Gasteiger partial charge on any atom is -0.870 e. The number of hydrogen-bond acceptors (Lipinski definition) is 24. The van der Waals surface area contributed by atoms with Gasteiger partial charge in [-0.2, -0.15) is 66.7 Å². The van der Waals surface area contributed by atoms with Gasteiger partial charge in [0, 0.05) is 63.8 Å². The van der Waals surface area contributed by atoms with Crippen LogP contribution >= 0.6 is 0 Å². The van der Waals surface area contributed by atoms with Crippen LogP contribution in [0.1, 0.15) is 187 Å². The molecule has 0 saturated carbocycles. The van der Waals surface area contributed by atoms with Gasteiger partial charge in [0.15, 0.2) is 66.5 Å². The fourth-order valence-corrected chi connectivity index (χ4v) is 16.2. The SMILES string of the molecule is CC.CC.CC.CC.CC(=O)c1c(C)oc2ccc(CS(C)(=O)=O)cc12.COC(=O)c1c(C)oc2ccc(CS(C)(=O)=O)cc12.Cc1ccccc1.Cc1oc2ccc(CS(C)(=O)=O)cc2c1C(=O)O.Cc1oc2ccc(CS(C)(=O)=O)cc2c1C(=O)c1cc[c-]cc1.Cc1oc2ccc(CS(C)(=O)=O)cc2c1C(=O)c1ccc(O)cc1.[CH3-].[OH-].[OH-].[Rb+].[Rb+].[Rb+].[c-]1ccccc1. The van der Waals surface area contributed by atoms with Gasteiger partial charge in [-0.05, 0) is 161 Å². The first-order valence-electron chi connectivity index (χ1n) is 38.9. The van der Waals surface area contributed by atoms with E-state index < -0.39 is 61.1 Å². The molecule has 33 heteroatoms. The molecule has 0 amide bonds. The molecule has 14 rings (SSSR count). The number of benzene rings is 9. The number of aromatic carboxylic acids is 1. The summed E-state index contributed by atoms with van der Waals surface area (Å²) in [6, 6.07) is 63.4. The Balaban J connectivity index is -0.00000144. The standard InChI is InChI=1S/C18H16O5S.C18H15O4S.C13H14O5S.C13H14O4S.C12H12O5S.C7H8.C6H5.4C2H6.CH3.2H2O.3Rb/c1-11-17(18(20)13-4-6-14(19)7-5-13)15-9-12(10-24(2,21)22)3-8-16(15)23-11;1-12-17(18(19)14-6-4-3-5-7-14)15-10-13(11-23(2,20)21)8-9-16(15)22-12;1-8-12(13(14)17-2)10-6-9(7-19(3,15)16)4-5-11(10)18-8;1-8(14)13-9(2)17-12-5-4-10(6-11(12)13)7-18(3,15)16;1-7-11(12(13)14)9-5-8(6-18(2,15)16)3-4-10(9)17-7;1-7-5-3-2-4-6-7;1-2-4-6-5-3-1;4*1-2;;;;;;/h3-9,19H,10H2,1-2H3;4-10H,11H2,1-2H3;4-6H,7H2,1-3H3;4-6H,7H2,1-3H3;3-5H,6H2,1-2H3,(H,13,14);2-6H,1H3;1-5H;4*1-2H3;1H3;2*1H2;;;/q;-1;;;;;-1;;;;;-1;;;3*+1/p-2. The summed E-state index contributed by atoms with van der Waals surface area (Å²) in [4.78, 5) is 59.9. The van der Waals surface area contributed by atoms with Gasteiger partial charge in [0.25, 0.3) is 0 Å². The molecule has 4 N–H and O–H groups in total. The maximum absolute atomic E-state index is 12.8. The zero-order valence-electron chi connectivity index (χ0n) is 78.0. The van der Waals surface area contributed by atoms with Crippen molar-refractivity contribution in [1.29, 1.82) is 0 Å². The predicted octanol–water partition coefficient (Wildman–Crippen LogP) is 11.8. The molecular weight excluding hydrogens is 1970 g/mol. The van der Waals surface area contributed by atoms with Gasteiger partial charge in [-0.15, -0.1) is 0 Å². The number of phenols is 1. The third-order valence-corrected chi connectivity index (χ3v) is 21.1. The molecule has 682 valence electrons. The first kappa shape index (κ1) is 127. The summed E-state index contributed by atoms with van der Waals surface area (Å²) in [5, 5.41) is 21.4. The number of furan rings is 5. The average molecular weight is 2080 g/mol. The van der Waals surface area contributed by atoms with E-state index in [4.69, 9.17) is 31.9 Å². The molecule has 129 heavy (non-hydrogen) atoms. The number of methoxy groups -OCH3 is 1. The number of carboxylic acids is 1. The van der Waals surface area contributed by atoms with E-state index in [1.807, 2.05) is 104 Å². The van der Waals surface area contributed by atoms with E-state index in [0.29, 0.717) is 145 Å². The molecule has 0 spiro atoms. The zero-order chi connectivity index (χ0) is 92.7. The molecule has 5 aromatic heterocycles. The van der Waals surface area contributed by atoms with E-state index in [1.54, 1.807) is 150 Å². The number of esters is 1. The Bertz CT molecular complexity index is 6380. The van der Waals surface area contributed by atoms with Crippen molar-refractivity contribution < 1.29 is 289 Å². The van der Waals surface area contributed by atoms with Crippen LogP contribution in [0.3, 0.4) is 0 Å². The van der Waals surface area contributed by atoms with Crippen molar-refractivity contribution in [3.63, 3.8) is 0 Å². The summed E-state index contributed by atoms with van der Waals surface area (Å²) in [5.74, 6) is -0.0233. The topological polar surface area (TPSA) is 431 Å². The molecule has 0 bridgehead atoms. The number of ketones is 3. The third-order valence-electron chi connectivity index (χ3n) is 16.9. The van der Waals surface area contributed by atoms with Crippen molar-refractivity contribution in [1.82, 2.24) is 0 Å². The Labute approximate surface area is 905 Å². The number of rotatable bonds is 17. The van der Waals surface area contributed by atoms with Crippen LogP contribution in [0.4, 0.5) is 0 Å². The monoisotopic (exact) mass is 2080 g/mol. The van der Waals surface area contributed by atoms with Gasteiger partial charge < -0.3 is 55.4 Å². The number of aromatic hydroxyl groups is 1. The molecule has 9 aromatic carbocycles. The van der Waals surface area contributed by atoms with Crippen molar-refractivity contribution >= 4 is 133 Å². The molecule has 14 aromatic rings. The van der Waals surface area contributed by atoms with Gasteiger partial charge in [-0.3, -0.25) is 14.4 Å². The Morgan fingerprint density at radius 2 is 0.589 bits per heavy atom. The molecule has 5 heterocycles. The van der Waals surface area contributed by atoms with E-state index >= 15 is 0 Å². The van der Waals surface area contributed by atoms with E-state index in [9.17, 15) is 71.2 Å². The van der Waals surface area contributed by atoms with Crippen molar-refractivity contribution in [3.8, 4) is 5.75 Å². The summed E-state index contributed by atoms with van der Waals surface area (Å²) in [7, 11) is -14.4. The summed E-state index contributed by atoms with van der Waals surface area (Å²) >= 11 is 0. The van der Waals surface area contributed by atoms with Crippen LogP contribution < -0.4 is 175 Å². The van der Waals surface area contributed by atoms with E-state index in [0.717, 1.165) is 6.26 Å². The number of hydrogen-bond donors (Lipinski definition) is 2. The maximum Gasteiger partial charge on any atom is 1.00 e. The molecule has 0 atom stereocenters. The van der Waals surface area contributed by atoms with Crippen molar-refractivity contribution in [2.24, 2.45) is 0 Å². The molecule has 0 aliphatic rings. The quantitative estimate of drug-likeness (QED) is 0.0485. The van der Waals surface area contributed by atoms with Crippen LogP contribution in [0.5, 0.6) is 5.75 Å². The smallest absolute Gasteiger partial charge is 0.870 e. The van der Waals surface area contributed by atoms with E-state index in [-0.39, 0.29) is 250 Å². The molecule has 0 unspecified atom stereocenters. The number of carbonyl (C=O) groups excluding carboxylic acids is 4. The molecule has 0 radical (unpaired) electrons. The molecule has 0 aliphatic carbocycles. The van der Waals surface area contributed by atoms with Crippen LogP contribution in [0.25, 0.3) is 54.8 Å². The van der Waals surface area contributed by atoms with Crippen molar-refractivity contribution in [2.45, 2.75) is 133 Å².